The van der Waals surface area contributed by atoms with Crippen LogP contribution in [-0.4, -0.2) is 59.7 Å². The monoisotopic (exact) mass is 471 g/mol. The minimum atomic E-state index is -0.371. The van der Waals surface area contributed by atoms with E-state index in [1.165, 1.54) is 5.56 Å². The van der Waals surface area contributed by atoms with Crippen molar-refractivity contribution in [3.8, 4) is 0 Å². The molecule has 1 fully saturated rings. The fourth-order valence-electron chi connectivity index (χ4n) is 4.61. The number of aliphatic hydroxyl groups excluding tert-OH is 1. The first kappa shape index (κ1) is 24.8. The number of benzene rings is 3. The van der Waals surface area contributed by atoms with Crippen LogP contribution in [0, 0.1) is 10.1 Å². The van der Waals surface area contributed by atoms with E-state index >= 15 is 0 Å². The van der Waals surface area contributed by atoms with Gasteiger partial charge in [0.25, 0.3) is 5.69 Å². The van der Waals surface area contributed by atoms with E-state index in [4.69, 9.17) is 0 Å². The smallest absolute Gasteiger partial charge is 0.269 e. The second kappa shape index (κ2) is 11.9. The molecule has 1 heterocycles. The first-order valence-corrected chi connectivity index (χ1v) is 12.2. The SMILES string of the molecule is CN1CCN(Cc2ccc(/C(=C(/CCCO)c3ccccc3)c3ccc([N+](=O)[O-])cc3)cc2)CC1. The molecule has 1 saturated heterocycles. The van der Waals surface area contributed by atoms with Crippen LogP contribution in [0.3, 0.4) is 0 Å². The summed E-state index contributed by atoms with van der Waals surface area (Å²) in [5.74, 6) is 0. The summed E-state index contributed by atoms with van der Waals surface area (Å²) in [4.78, 5) is 15.7. The van der Waals surface area contributed by atoms with Gasteiger partial charge in [0, 0.05) is 51.5 Å². The number of nitro groups is 1. The number of piperazine rings is 1. The first-order valence-electron chi connectivity index (χ1n) is 12.2. The summed E-state index contributed by atoms with van der Waals surface area (Å²) in [7, 11) is 2.17. The Bertz CT molecular complexity index is 1130. The van der Waals surface area contributed by atoms with Gasteiger partial charge in [-0.05, 0) is 65.4 Å². The van der Waals surface area contributed by atoms with Gasteiger partial charge in [-0.15, -0.1) is 0 Å². The largest absolute Gasteiger partial charge is 0.396 e. The normalized spacial score (nSPS) is 15.6. The molecule has 3 aromatic rings. The Balaban J connectivity index is 1.73. The molecule has 6 nitrogen and oxygen atoms in total. The zero-order valence-corrected chi connectivity index (χ0v) is 20.3. The van der Waals surface area contributed by atoms with Crippen molar-refractivity contribution in [2.75, 3.05) is 39.8 Å². The lowest BCUT2D eigenvalue weighted by Gasteiger charge is -2.32. The number of nitro benzene ring substituents is 1. The van der Waals surface area contributed by atoms with Crippen molar-refractivity contribution in [3.05, 3.63) is 111 Å². The van der Waals surface area contributed by atoms with E-state index in [2.05, 4.69) is 53.2 Å². The average molecular weight is 472 g/mol. The summed E-state index contributed by atoms with van der Waals surface area (Å²) >= 11 is 0. The van der Waals surface area contributed by atoms with Gasteiger partial charge in [-0.2, -0.15) is 0 Å². The van der Waals surface area contributed by atoms with Crippen molar-refractivity contribution in [2.45, 2.75) is 19.4 Å². The molecule has 0 bridgehead atoms. The van der Waals surface area contributed by atoms with E-state index in [1.54, 1.807) is 12.1 Å². The van der Waals surface area contributed by atoms with E-state index in [9.17, 15) is 15.2 Å². The molecule has 1 N–H and O–H groups in total. The average Bonchev–Trinajstić information content (AvgIpc) is 2.89. The Kier molecular flexibility index (Phi) is 8.42. The molecule has 0 aromatic heterocycles. The number of likely N-dealkylation sites (N-methyl/N-ethyl adjacent to an activating group) is 1. The molecular weight excluding hydrogens is 438 g/mol. The number of hydrogen-bond acceptors (Lipinski definition) is 5. The van der Waals surface area contributed by atoms with E-state index in [0.29, 0.717) is 12.8 Å². The second-order valence-electron chi connectivity index (χ2n) is 9.13. The van der Waals surface area contributed by atoms with E-state index in [1.807, 2.05) is 30.3 Å². The minimum Gasteiger partial charge on any atom is -0.396 e. The molecule has 4 rings (SSSR count). The molecule has 35 heavy (non-hydrogen) atoms. The van der Waals surface area contributed by atoms with Crippen molar-refractivity contribution in [3.63, 3.8) is 0 Å². The highest BCUT2D eigenvalue weighted by molar-refractivity contribution is 5.98. The molecule has 0 unspecified atom stereocenters. The van der Waals surface area contributed by atoms with Gasteiger partial charge in [-0.3, -0.25) is 15.0 Å². The van der Waals surface area contributed by atoms with Gasteiger partial charge < -0.3 is 10.0 Å². The predicted molar refractivity (Wildman–Crippen MR) is 141 cm³/mol. The standard InChI is InChI=1S/C29H33N3O3/c1-30-17-19-31(20-18-30)22-23-9-11-25(12-10-23)29(26-13-15-27(16-14-26)32(34)35)28(8-5-21-33)24-6-3-2-4-7-24/h2-4,6-7,9-16,33H,5,8,17-22H2,1H3/b29-28+. The fourth-order valence-corrected chi connectivity index (χ4v) is 4.61. The topological polar surface area (TPSA) is 69.8 Å². The summed E-state index contributed by atoms with van der Waals surface area (Å²) in [6.07, 6.45) is 1.35. The summed E-state index contributed by atoms with van der Waals surface area (Å²) < 4.78 is 0. The zero-order chi connectivity index (χ0) is 24.6. The summed E-state index contributed by atoms with van der Waals surface area (Å²) in [5.41, 5.74) is 6.61. The van der Waals surface area contributed by atoms with Gasteiger partial charge in [0.2, 0.25) is 0 Å². The summed E-state index contributed by atoms with van der Waals surface area (Å²) in [6.45, 7) is 5.37. The van der Waals surface area contributed by atoms with Gasteiger partial charge in [-0.1, -0.05) is 54.6 Å². The van der Waals surface area contributed by atoms with Crippen molar-refractivity contribution in [2.24, 2.45) is 0 Å². The van der Waals surface area contributed by atoms with Crippen LogP contribution in [0.2, 0.25) is 0 Å². The Labute approximate surface area is 207 Å². The third-order valence-electron chi connectivity index (χ3n) is 6.62. The molecule has 0 aliphatic carbocycles. The molecule has 6 heteroatoms. The van der Waals surface area contributed by atoms with E-state index in [0.717, 1.165) is 60.6 Å². The molecular formula is C29H33N3O3. The maximum Gasteiger partial charge on any atom is 0.269 e. The van der Waals surface area contributed by atoms with E-state index in [-0.39, 0.29) is 17.2 Å². The fraction of sp³-hybridized carbons (Fsp3) is 0.310. The Morgan fingerprint density at radius 3 is 2.03 bits per heavy atom. The molecule has 182 valence electrons. The molecule has 0 saturated carbocycles. The maximum absolute atomic E-state index is 11.2. The number of aliphatic hydroxyl groups is 1. The Morgan fingerprint density at radius 1 is 0.857 bits per heavy atom. The van der Waals surface area contributed by atoms with Crippen LogP contribution in [0.4, 0.5) is 5.69 Å². The van der Waals surface area contributed by atoms with Crippen molar-refractivity contribution in [1.29, 1.82) is 0 Å². The lowest BCUT2D eigenvalue weighted by atomic mass is 9.87. The van der Waals surface area contributed by atoms with Crippen molar-refractivity contribution in [1.82, 2.24) is 9.80 Å². The maximum atomic E-state index is 11.2. The summed E-state index contributed by atoms with van der Waals surface area (Å²) in [6, 6.07) is 25.7. The third-order valence-corrected chi connectivity index (χ3v) is 6.62. The van der Waals surface area contributed by atoms with Crippen LogP contribution in [0.25, 0.3) is 11.1 Å². The van der Waals surface area contributed by atoms with Crippen LogP contribution >= 0.6 is 0 Å². The number of allylic oxidation sites excluding steroid dienone is 1. The van der Waals surface area contributed by atoms with Crippen molar-refractivity contribution < 1.29 is 10.0 Å². The molecule has 0 amide bonds. The molecule has 0 spiro atoms. The number of nitrogens with zero attached hydrogens (tertiary/aromatic N) is 3. The van der Waals surface area contributed by atoms with E-state index < -0.39 is 0 Å². The van der Waals surface area contributed by atoms with Gasteiger partial charge in [0.05, 0.1) is 4.92 Å². The van der Waals surface area contributed by atoms with Crippen LogP contribution in [0.15, 0.2) is 78.9 Å². The zero-order valence-electron chi connectivity index (χ0n) is 20.3. The second-order valence-corrected chi connectivity index (χ2v) is 9.13. The Hall–Kier alpha value is -3.32. The van der Waals surface area contributed by atoms with Crippen LogP contribution in [-0.2, 0) is 6.54 Å². The molecule has 1 aliphatic rings. The predicted octanol–water partition coefficient (Wildman–Crippen LogP) is 5.07. The lowest BCUT2D eigenvalue weighted by Crippen LogP contribution is -2.43. The highest BCUT2D eigenvalue weighted by Gasteiger charge is 2.17. The third kappa shape index (κ3) is 6.42. The van der Waals surface area contributed by atoms with Crippen LogP contribution < -0.4 is 0 Å². The van der Waals surface area contributed by atoms with Crippen LogP contribution in [0.1, 0.15) is 35.1 Å². The molecule has 0 atom stereocenters. The number of non-ortho nitro benzene ring substituents is 1. The van der Waals surface area contributed by atoms with Gasteiger partial charge >= 0.3 is 0 Å². The highest BCUT2D eigenvalue weighted by Crippen LogP contribution is 2.36. The lowest BCUT2D eigenvalue weighted by molar-refractivity contribution is -0.384. The molecule has 1 aliphatic heterocycles. The molecule has 0 radical (unpaired) electrons. The van der Waals surface area contributed by atoms with Gasteiger partial charge in [0.1, 0.15) is 0 Å². The highest BCUT2D eigenvalue weighted by atomic mass is 16.6. The quantitative estimate of drug-likeness (QED) is 0.268. The first-order chi connectivity index (χ1) is 17.0. The van der Waals surface area contributed by atoms with Crippen LogP contribution in [0.5, 0.6) is 0 Å². The number of rotatable bonds is 9. The Morgan fingerprint density at radius 2 is 1.46 bits per heavy atom. The minimum absolute atomic E-state index is 0.0762. The number of hydrogen-bond donors (Lipinski definition) is 1. The molecule has 3 aromatic carbocycles. The van der Waals surface area contributed by atoms with Gasteiger partial charge in [-0.25, -0.2) is 0 Å². The summed E-state index contributed by atoms with van der Waals surface area (Å²) in [5, 5.41) is 20.8. The van der Waals surface area contributed by atoms with Gasteiger partial charge in [0.15, 0.2) is 0 Å². The van der Waals surface area contributed by atoms with Crippen molar-refractivity contribution >= 4 is 16.8 Å².